The summed E-state index contributed by atoms with van der Waals surface area (Å²) in [6.45, 7) is 1.87. The van der Waals surface area contributed by atoms with Gasteiger partial charge in [0.25, 0.3) is 0 Å². The van der Waals surface area contributed by atoms with Gasteiger partial charge in [-0.05, 0) is 43.8 Å². The molecule has 1 aliphatic carbocycles. The summed E-state index contributed by atoms with van der Waals surface area (Å²) in [5.74, 6) is 3.91. The van der Waals surface area contributed by atoms with Gasteiger partial charge in [-0.2, -0.15) is 0 Å². The molecule has 0 aromatic heterocycles. The van der Waals surface area contributed by atoms with Crippen molar-refractivity contribution in [2.75, 3.05) is 11.5 Å². The van der Waals surface area contributed by atoms with Gasteiger partial charge in [-0.3, -0.25) is 10.8 Å². The molecule has 1 aliphatic rings. The Morgan fingerprint density at radius 3 is 2.11 bits per heavy atom. The van der Waals surface area contributed by atoms with Crippen LogP contribution in [-0.4, -0.2) is 21.7 Å². The van der Waals surface area contributed by atoms with Crippen LogP contribution in [0, 0.1) is 22.7 Å². The highest BCUT2D eigenvalue weighted by Crippen LogP contribution is 2.34. The first-order chi connectivity index (χ1) is 9.08. The summed E-state index contributed by atoms with van der Waals surface area (Å²) < 4.78 is 0. The van der Waals surface area contributed by atoms with Crippen LogP contribution in [0.2, 0.25) is 0 Å². The van der Waals surface area contributed by atoms with Crippen LogP contribution in [0.25, 0.3) is 0 Å². The molecule has 0 amide bonds. The topological polar surface area (TPSA) is 73.7 Å². The molecule has 0 radical (unpaired) electrons. The lowest BCUT2D eigenvalue weighted by Crippen LogP contribution is -2.16. The summed E-state index contributed by atoms with van der Waals surface area (Å²) in [6, 6.07) is 0. The molecule has 19 heavy (non-hydrogen) atoms. The van der Waals surface area contributed by atoms with E-state index < -0.39 is 0 Å². The van der Waals surface area contributed by atoms with Crippen molar-refractivity contribution in [1.82, 2.24) is 0 Å². The third-order valence-corrected chi connectivity index (χ3v) is 5.50. The van der Waals surface area contributed by atoms with Crippen molar-refractivity contribution in [1.29, 1.82) is 10.8 Å². The summed E-state index contributed by atoms with van der Waals surface area (Å²) >= 11 is 3.17. The van der Waals surface area contributed by atoms with E-state index in [1.807, 2.05) is 6.92 Å². The first-order valence-corrected chi connectivity index (χ1v) is 9.19. The lowest BCUT2D eigenvalue weighted by Gasteiger charge is -2.28. The average molecular weight is 302 g/mol. The fourth-order valence-corrected chi connectivity index (χ4v) is 4.03. The molecule has 1 fully saturated rings. The smallest absolute Gasteiger partial charge is 0.151 e. The maximum Gasteiger partial charge on any atom is 0.151 e. The molecule has 0 heterocycles. The van der Waals surface area contributed by atoms with E-state index in [2.05, 4.69) is 0 Å². The van der Waals surface area contributed by atoms with Crippen LogP contribution in [0.1, 0.15) is 51.9 Å². The molecule has 0 aromatic carbocycles. The Morgan fingerprint density at radius 2 is 1.58 bits per heavy atom. The fourth-order valence-electron chi connectivity index (χ4n) is 2.74. The van der Waals surface area contributed by atoms with E-state index in [0.717, 1.165) is 28.4 Å². The molecule has 110 valence electrons. The van der Waals surface area contributed by atoms with Crippen molar-refractivity contribution in [2.45, 2.75) is 51.9 Å². The zero-order valence-electron chi connectivity index (χ0n) is 11.9. The van der Waals surface area contributed by atoms with Crippen LogP contribution in [-0.2, 0) is 0 Å². The van der Waals surface area contributed by atoms with E-state index in [4.69, 9.17) is 16.6 Å². The normalized spacial score (nSPS) is 23.2. The van der Waals surface area contributed by atoms with Crippen molar-refractivity contribution in [3.63, 3.8) is 0 Å². The second-order valence-corrected chi connectivity index (χ2v) is 7.88. The second-order valence-electron chi connectivity index (χ2n) is 5.44. The standard InChI is InChI=1S/C14H27N3S2/c1-11(15)18-9-2-3-12-4-6-13(7-5-12)8-10-19-14(16)17/h12-13,15H,2-10H2,1H3,(H3,16,17). The van der Waals surface area contributed by atoms with E-state index >= 15 is 0 Å². The van der Waals surface area contributed by atoms with E-state index in [1.54, 1.807) is 11.8 Å². The fraction of sp³-hybridized carbons (Fsp3) is 0.857. The molecule has 0 saturated heterocycles. The minimum absolute atomic E-state index is 0.257. The summed E-state index contributed by atoms with van der Waals surface area (Å²) in [5, 5.41) is 15.6. The van der Waals surface area contributed by atoms with Gasteiger partial charge in [-0.25, -0.2) is 0 Å². The van der Waals surface area contributed by atoms with Crippen molar-refractivity contribution < 1.29 is 0 Å². The first kappa shape index (κ1) is 16.9. The molecule has 1 saturated carbocycles. The Labute approximate surface area is 125 Å². The highest BCUT2D eigenvalue weighted by molar-refractivity contribution is 8.13. The van der Waals surface area contributed by atoms with Crippen LogP contribution >= 0.6 is 23.5 Å². The summed E-state index contributed by atoms with van der Waals surface area (Å²) in [6.07, 6.45) is 9.30. The molecule has 0 unspecified atom stereocenters. The third kappa shape index (κ3) is 8.58. The largest absolute Gasteiger partial charge is 0.379 e. The molecule has 0 atom stereocenters. The number of hydrogen-bond donors (Lipinski definition) is 3. The number of amidine groups is 1. The maximum atomic E-state index is 7.38. The Hall–Kier alpha value is -0.160. The molecule has 1 rings (SSSR count). The molecule has 4 N–H and O–H groups in total. The lowest BCUT2D eigenvalue weighted by molar-refractivity contribution is 0.259. The molecule has 0 spiro atoms. The van der Waals surface area contributed by atoms with Gasteiger partial charge in [0.15, 0.2) is 5.17 Å². The van der Waals surface area contributed by atoms with E-state index in [9.17, 15) is 0 Å². The van der Waals surface area contributed by atoms with Crippen molar-refractivity contribution in [2.24, 2.45) is 17.6 Å². The van der Waals surface area contributed by atoms with Crippen molar-refractivity contribution in [3.8, 4) is 0 Å². The van der Waals surface area contributed by atoms with Crippen LogP contribution in [0.5, 0.6) is 0 Å². The second kappa shape index (κ2) is 9.70. The van der Waals surface area contributed by atoms with E-state index in [0.29, 0.717) is 0 Å². The predicted octanol–water partition coefficient (Wildman–Crippen LogP) is 4.32. The average Bonchev–Trinajstić information content (AvgIpc) is 2.36. The van der Waals surface area contributed by atoms with Crippen molar-refractivity contribution >= 4 is 33.7 Å². The van der Waals surface area contributed by atoms with Crippen LogP contribution in [0.3, 0.4) is 0 Å². The van der Waals surface area contributed by atoms with Gasteiger partial charge >= 0.3 is 0 Å². The molecular weight excluding hydrogens is 274 g/mol. The first-order valence-electron chi connectivity index (χ1n) is 7.22. The quantitative estimate of drug-likeness (QED) is 0.372. The monoisotopic (exact) mass is 301 g/mol. The van der Waals surface area contributed by atoms with Gasteiger partial charge in [-0.15, -0.1) is 11.8 Å². The number of hydrogen-bond acceptors (Lipinski definition) is 4. The Bertz CT molecular complexity index is 286. The van der Waals surface area contributed by atoms with E-state index in [-0.39, 0.29) is 5.17 Å². The zero-order valence-corrected chi connectivity index (χ0v) is 13.5. The Morgan fingerprint density at radius 1 is 1.00 bits per heavy atom. The van der Waals surface area contributed by atoms with Gasteiger partial charge in [0, 0.05) is 5.75 Å². The molecule has 0 aliphatic heterocycles. The van der Waals surface area contributed by atoms with Crippen LogP contribution < -0.4 is 5.73 Å². The number of nitrogens with one attached hydrogen (secondary N) is 2. The van der Waals surface area contributed by atoms with Gasteiger partial charge in [0.1, 0.15) is 0 Å². The minimum atomic E-state index is 0.257. The Balaban J connectivity index is 2.02. The molecule has 5 heteroatoms. The highest BCUT2D eigenvalue weighted by Gasteiger charge is 2.20. The number of thioether (sulfide) groups is 2. The van der Waals surface area contributed by atoms with Crippen LogP contribution in [0.4, 0.5) is 0 Å². The zero-order chi connectivity index (χ0) is 14.1. The van der Waals surface area contributed by atoms with Gasteiger partial charge in [-0.1, -0.05) is 37.4 Å². The lowest BCUT2D eigenvalue weighted by atomic mass is 9.79. The van der Waals surface area contributed by atoms with Gasteiger partial charge < -0.3 is 5.73 Å². The summed E-state index contributed by atoms with van der Waals surface area (Å²) in [5.41, 5.74) is 5.35. The molecular formula is C14H27N3S2. The number of rotatable bonds is 7. The highest BCUT2D eigenvalue weighted by atomic mass is 32.2. The predicted molar refractivity (Wildman–Crippen MR) is 89.5 cm³/mol. The van der Waals surface area contributed by atoms with Crippen molar-refractivity contribution in [3.05, 3.63) is 0 Å². The molecule has 3 nitrogen and oxygen atoms in total. The third-order valence-electron chi connectivity index (χ3n) is 3.83. The number of nitrogens with two attached hydrogens (primary N) is 1. The Kier molecular flexibility index (Phi) is 8.62. The van der Waals surface area contributed by atoms with E-state index in [1.165, 1.54) is 56.7 Å². The van der Waals surface area contributed by atoms with Gasteiger partial charge in [0.2, 0.25) is 0 Å². The van der Waals surface area contributed by atoms with Crippen LogP contribution in [0.15, 0.2) is 0 Å². The molecule has 0 bridgehead atoms. The minimum Gasteiger partial charge on any atom is -0.379 e. The SMILES string of the molecule is CC(=N)SCCCC1CCC(CCSC(=N)N)CC1. The maximum absolute atomic E-state index is 7.38. The molecule has 0 aromatic rings. The summed E-state index contributed by atoms with van der Waals surface area (Å²) in [4.78, 5) is 0. The summed E-state index contributed by atoms with van der Waals surface area (Å²) in [7, 11) is 0. The van der Waals surface area contributed by atoms with Gasteiger partial charge in [0.05, 0.1) is 5.04 Å².